The summed E-state index contributed by atoms with van der Waals surface area (Å²) in [6.07, 6.45) is 2.41. The molecule has 1 atom stereocenters. The summed E-state index contributed by atoms with van der Waals surface area (Å²) in [6.45, 7) is 5.05. The molecule has 0 radical (unpaired) electrons. The summed E-state index contributed by atoms with van der Waals surface area (Å²) in [5.41, 5.74) is 3.05. The lowest BCUT2D eigenvalue weighted by molar-refractivity contribution is 0.0940. The lowest BCUT2D eigenvalue weighted by Gasteiger charge is -2.17. The zero-order chi connectivity index (χ0) is 26.2. The van der Waals surface area contributed by atoms with Crippen molar-refractivity contribution in [3.63, 3.8) is 0 Å². The SMILES string of the molecule is COCCN1CC[C@H](NC(=O)Nc2c(C)c(-c3ccnc(C(=O)NCCO)c3)nn2-c2ccccc2)C1. The van der Waals surface area contributed by atoms with Gasteiger partial charge in [0.2, 0.25) is 0 Å². The fraction of sp³-hybridized carbons (Fsp3) is 0.385. The van der Waals surface area contributed by atoms with Crippen molar-refractivity contribution in [2.75, 3.05) is 51.8 Å². The zero-order valence-corrected chi connectivity index (χ0v) is 21.1. The Morgan fingerprint density at radius 1 is 1.22 bits per heavy atom. The van der Waals surface area contributed by atoms with Gasteiger partial charge in [0.05, 0.1) is 24.6 Å². The van der Waals surface area contributed by atoms with Crippen LogP contribution < -0.4 is 16.0 Å². The number of rotatable bonds is 10. The van der Waals surface area contributed by atoms with Crippen molar-refractivity contribution in [1.82, 2.24) is 30.3 Å². The second-order valence-electron chi connectivity index (χ2n) is 8.86. The third kappa shape index (κ3) is 6.50. The zero-order valence-electron chi connectivity index (χ0n) is 21.1. The van der Waals surface area contributed by atoms with Gasteiger partial charge < -0.3 is 20.5 Å². The standard InChI is InChI=1S/C26H33N7O4/c1-18-23(19-8-10-27-22(16-19)25(35)28-11-14-34)31-33(21-6-4-3-5-7-21)24(18)30-26(36)29-20-9-12-32(17-20)13-15-37-2/h3-8,10,16,20,34H,9,11-15,17H2,1-2H3,(H,28,35)(H2,29,30,36)/t20-/m0/s1. The number of aliphatic hydroxyl groups is 1. The summed E-state index contributed by atoms with van der Waals surface area (Å²) in [5, 5.41) is 22.5. The Kier molecular flexibility index (Phi) is 8.83. The lowest BCUT2D eigenvalue weighted by Crippen LogP contribution is -2.40. The molecular weight excluding hydrogens is 474 g/mol. The number of methoxy groups -OCH3 is 1. The predicted octanol–water partition coefficient (Wildman–Crippen LogP) is 1.81. The maximum absolute atomic E-state index is 13.0. The average Bonchev–Trinajstić information content (AvgIpc) is 3.50. The number of nitrogens with one attached hydrogen (secondary N) is 3. The Morgan fingerprint density at radius 3 is 2.78 bits per heavy atom. The number of aromatic nitrogens is 3. The number of pyridine rings is 1. The quantitative estimate of drug-likeness (QED) is 0.329. The number of para-hydroxylation sites is 1. The molecule has 2 aromatic heterocycles. The van der Waals surface area contributed by atoms with Gasteiger partial charge in [-0.2, -0.15) is 5.10 Å². The molecule has 1 fully saturated rings. The lowest BCUT2D eigenvalue weighted by atomic mass is 10.1. The van der Waals surface area contributed by atoms with Crippen LogP contribution in [0.25, 0.3) is 16.9 Å². The highest BCUT2D eigenvalue weighted by atomic mass is 16.5. The van der Waals surface area contributed by atoms with Gasteiger partial charge >= 0.3 is 6.03 Å². The van der Waals surface area contributed by atoms with Gasteiger partial charge in [-0.05, 0) is 37.6 Å². The van der Waals surface area contributed by atoms with E-state index in [4.69, 9.17) is 14.9 Å². The highest BCUT2D eigenvalue weighted by molar-refractivity contribution is 5.94. The van der Waals surface area contributed by atoms with Gasteiger partial charge in [-0.25, -0.2) is 9.48 Å². The van der Waals surface area contributed by atoms with Gasteiger partial charge in [-0.15, -0.1) is 0 Å². The molecule has 11 heteroatoms. The summed E-state index contributed by atoms with van der Waals surface area (Å²) in [4.78, 5) is 31.8. The number of carbonyl (C=O) groups excluding carboxylic acids is 2. The van der Waals surface area contributed by atoms with Crippen molar-refractivity contribution in [1.29, 1.82) is 0 Å². The summed E-state index contributed by atoms with van der Waals surface area (Å²) in [7, 11) is 1.69. The number of benzene rings is 1. The molecule has 37 heavy (non-hydrogen) atoms. The maximum Gasteiger partial charge on any atom is 0.320 e. The van der Waals surface area contributed by atoms with E-state index in [1.165, 1.54) is 0 Å². The van der Waals surface area contributed by atoms with Crippen molar-refractivity contribution in [3.05, 3.63) is 59.9 Å². The van der Waals surface area contributed by atoms with Crippen molar-refractivity contribution >= 4 is 17.8 Å². The maximum atomic E-state index is 13.0. The van der Waals surface area contributed by atoms with Crippen molar-refractivity contribution in [2.24, 2.45) is 0 Å². The smallest absolute Gasteiger partial charge is 0.320 e. The Morgan fingerprint density at radius 2 is 2.03 bits per heavy atom. The molecule has 3 aromatic rings. The molecule has 4 rings (SSSR count). The number of hydrogen-bond acceptors (Lipinski definition) is 7. The second kappa shape index (κ2) is 12.4. The van der Waals surface area contributed by atoms with Crippen molar-refractivity contribution in [3.8, 4) is 16.9 Å². The van der Waals surface area contributed by atoms with Crippen LogP contribution in [-0.4, -0.2) is 89.3 Å². The number of amides is 3. The fourth-order valence-electron chi connectivity index (χ4n) is 4.34. The minimum Gasteiger partial charge on any atom is -0.395 e. The van der Waals surface area contributed by atoms with Crippen molar-refractivity contribution in [2.45, 2.75) is 19.4 Å². The van der Waals surface area contributed by atoms with E-state index < -0.39 is 0 Å². The van der Waals surface area contributed by atoms with E-state index in [0.717, 1.165) is 37.3 Å². The van der Waals surface area contributed by atoms with Crippen molar-refractivity contribution < 1.29 is 19.4 Å². The summed E-state index contributed by atoms with van der Waals surface area (Å²) < 4.78 is 6.85. The molecule has 0 saturated carbocycles. The molecule has 0 unspecified atom stereocenters. The highest BCUT2D eigenvalue weighted by Crippen LogP contribution is 2.30. The number of nitrogens with zero attached hydrogens (tertiary/aromatic N) is 4. The molecule has 196 valence electrons. The van der Waals surface area contributed by atoms with Gasteiger partial charge in [-0.3, -0.25) is 20.0 Å². The molecule has 1 aliphatic rings. The van der Waals surface area contributed by atoms with Crippen LogP contribution in [0.3, 0.4) is 0 Å². The largest absolute Gasteiger partial charge is 0.395 e. The number of carbonyl (C=O) groups is 2. The Hall–Kier alpha value is -3.80. The van der Waals surface area contributed by atoms with Crippen LogP contribution in [-0.2, 0) is 4.74 Å². The summed E-state index contributed by atoms with van der Waals surface area (Å²) in [5.74, 6) is 0.154. The van der Waals surface area contributed by atoms with E-state index in [-0.39, 0.29) is 36.8 Å². The number of likely N-dealkylation sites (tertiary alicyclic amines) is 1. The van der Waals surface area contributed by atoms with E-state index in [9.17, 15) is 9.59 Å². The normalized spacial score (nSPS) is 15.5. The molecule has 3 amide bonds. The minimum atomic E-state index is -0.384. The number of ether oxygens (including phenoxy) is 1. The minimum absolute atomic E-state index is 0.0462. The van der Waals surface area contributed by atoms with Gasteiger partial charge in [0, 0.05) is 56.7 Å². The van der Waals surface area contributed by atoms with E-state index in [0.29, 0.717) is 23.7 Å². The first-order chi connectivity index (χ1) is 18.0. The van der Waals surface area contributed by atoms with Crippen LogP contribution in [0.4, 0.5) is 10.6 Å². The average molecular weight is 508 g/mol. The Labute approximate surface area is 215 Å². The van der Waals surface area contributed by atoms with Crippen LogP contribution in [0.1, 0.15) is 22.5 Å². The first-order valence-electron chi connectivity index (χ1n) is 12.3. The molecule has 11 nitrogen and oxygen atoms in total. The highest BCUT2D eigenvalue weighted by Gasteiger charge is 2.25. The number of anilines is 1. The number of aliphatic hydroxyl groups excluding tert-OH is 1. The second-order valence-corrected chi connectivity index (χ2v) is 8.86. The molecule has 3 heterocycles. The fourth-order valence-corrected chi connectivity index (χ4v) is 4.34. The number of hydrogen-bond donors (Lipinski definition) is 4. The Bertz CT molecular complexity index is 1210. The first kappa shape index (κ1) is 26.3. The molecule has 1 saturated heterocycles. The van der Waals surface area contributed by atoms with Crippen LogP contribution in [0.5, 0.6) is 0 Å². The topological polar surface area (TPSA) is 134 Å². The van der Waals surface area contributed by atoms with Crippen LogP contribution in [0.2, 0.25) is 0 Å². The van der Waals surface area contributed by atoms with Gasteiger partial charge in [0.15, 0.2) is 0 Å². The molecular formula is C26H33N7O4. The molecule has 4 N–H and O–H groups in total. The molecule has 1 aliphatic heterocycles. The third-order valence-corrected chi connectivity index (χ3v) is 6.24. The van der Waals surface area contributed by atoms with Gasteiger partial charge in [-0.1, -0.05) is 18.2 Å². The molecule has 0 spiro atoms. The van der Waals surface area contributed by atoms with Crippen LogP contribution in [0, 0.1) is 6.92 Å². The van der Waals surface area contributed by atoms with Gasteiger partial charge in [0.25, 0.3) is 5.91 Å². The predicted molar refractivity (Wildman–Crippen MR) is 140 cm³/mol. The van der Waals surface area contributed by atoms with Gasteiger partial charge in [0.1, 0.15) is 11.5 Å². The van der Waals surface area contributed by atoms with E-state index in [1.807, 2.05) is 37.3 Å². The molecule has 1 aromatic carbocycles. The number of urea groups is 1. The molecule has 0 bridgehead atoms. The monoisotopic (exact) mass is 507 g/mol. The van der Waals surface area contributed by atoms with Crippen LogP contribution >= 0.6 is 0 Å². The van der Waals surface area contributed by atoms with E-state index in [1.54, 1.807) is 30.1 Å². The first-order valence-corrected chi connectivity index (χ1v) is 12.3. The summed E-state index contributed by atoms with van der Waals surface area (Å²) >= 11 is 0. The van der Waals surface area contributed by atoms with Crippen LogP contribution in [0.15, 0.2) is 48.7 Å². The third-order valence-electron chi connectivity index (χ3n) is 6.24. The van der Waals surface area contributed by atoms with E-state index >= 15 is 0 Å². The Balaban J connectivity index is 1.58. The van der Waals surface area contributed by atoms with E-state index in [2.05, 4.69) is 25.8 Å². The summed E-state index contributed by atoms with van der Waals surface area (Å²) in [6, 6.07) is 12.7. The molecule has 0 aliphatic carbocycles.